The number of benzene rings is 5. The van der Waals surface area contributed by atoms with Gasteiger partial charge in [-0.25, -0.2) is 4.98 Å². The number of pyridine rings is 2. The summed E-state index contributed by atoms with van der Waals surface area (Å²) in [6.07, 6.45) is 1.83. The molecule has 2 aromatic heterocycles. The molecule has 0 aliphatic rings. The maximum atomic E-state index is 5.14. The largest absolute Gasteiger partial charge is 0.255 e. The molecule has 2 heterocycles. The summed E-state index contributed by atoms with van der Waals surface area (Å²) in [7, 11) is 0. The van der Waals surface area contributed by atoms with Gasteiger partial charge in [0.25, 0.3) is 0 Å². The third-order valence-corrected chi connectivity index (χ3v) is 6.69. The van der Waals surface area contributed by atoms with Crippen LogP contribution in [0.1, 0.15) is 0 Å². The van der Waals surface area contributed by atoms with Crippen LogP contribution in [-0.4, -0.2) is 9.97 Å². The molecule has 0 atom stereocenters. The average molecular weight is 433 g/mol. The fourth-order valence-corrected chi connectivity index (χ4v) is 5.11. The number of nitrogens with zero attached hydrogens (tertiary/aromatic N) is 2. The van der Waals surface area contributed by atoms with E-state index in [4.69, 9.17) is 4.98 Å². The molecule has 0 saturated carbocycles. The molecule has 0 aliphatic heterocycles. The van der Waals surface area contributed by atoms with Crippen LogP contribution in [0.5, 0.6) is 0 Å². The molecule has 5 aromatic carbocycles. The second-order valence-electron chi connectivity index (χ2n) is 8.64. The zero-order valence-electron chi connectivity index (χ0n) is 18.4. The zero-order valence-corrected chi connectivity index (χ0v) is 18.4. The highest BCUT2D eigenvalue weighted by atomic mass is 14.8. The van der Waals surface area contributed by atoms with E-state index < -0.39 is 0 Å². The molecule has 2 heteroatoms. The predicted molar refractivity (Wildman–Crippen MR) is 142 cm³/mol. The van der Waals surface area contributed by atoms with E-state index >= 15 is 0 Å². The molecule has 7 aromatic rings. The highest BCUT2D eigenvalue weighted by Gasteiger charge is 2.17. The summed E-state index contributed by atoms with van der Waals surface area (Å²) in [5, 5.41) is 7.69. The number of hydrogen-bond donors (Lipinski definition) is 0. The summed E-state index contributed by atoms with van der Waals surface area (Å²) in [5.41, 5.74) is 6.09. The van der Waals surface area contributed by atoms with Gasteiger partial charge in [0.05, 0.1) is 17.1 Å². The summed E-state index contributed by atoms with van der Waals surface area (Å²) < 4.78 is 0. The van der Waals surface area contributed by atoms with Crippen molar-refractivity contribution >= 4 is 32.3 Å². The third-order valence-electron chi connectivity index (χ3n) is 6.69. The molecule has 0 saturated heterocycles. The van der Waals surface area contributed by atoms with Crippen molar-refractivity contribution in [1.29, 1.82) is 0 Å². The summed E-state index contributed by atoms with van der Waals surface area (Å²) in [4.78, 5) is 9.81. The van der Waals surface area contributed by atoms with Crippen LogP contribution in [-0.2, 0) is 0 Å². The molecule has 0 aliphatic carbocycles. The molecule has 0 radical (unpaired) electrons. The van der Waals surface area contributed by atoms with Crippen molar-refractivity contribution in [3.05, 3.63) is 121 Å². The number of hydrogen-bond acceptors (Lipinski definition) is 2. The lowest BCUT2D eigenvalue weighted by atomic mass is 9.89. The van der Waals surface area contributed by atoms with Gasteiger partial charge in [-0.3, -0.25) is 4.98 Å². The van der Waals surface area contributed by atoms with Crippen LogP contribution < -0.4 is 0 Å². The Morgan fingerprint density at radius 1 is 0.441 bits per heavy atom. The Balaban J connectivity index is 1.55. The second-order valence-corrected chi connectivity index (χ2v) is 8.64. The van der Waals surface area contributed by atoms with Crippen molar-refractivity contribution < 1.29 is 0 Å². The maximum Gasteiger partial charge on any atom is 0.0972 e. The summed E-state index contributed by atoms with van der Waals surface area (Å²) >= 11 is 0. The smallest absolute Gasteiger partial charge is 0.0972 e. The fraction of sp³-hybridized carbons (Fsp3) is 0. The first kappa shape index (κ1) is 19.0. The molecular formula is C32H20N2. The van der Waals surface area contributed by atoms with Gasteiger partial charge in [0.2, 0.25) is 0 Å². The monoisotopic (exact) mass is 432 g/mol. The lowest BCUT2D eigenvalue weighted by Crippen LogP contribution is -1.95. The summed E-state index contributed by atoms with van der Waals surface area (Å²) in [6, 6.07) is 40.6. The molecular weight excluding hydrogens is 412 g/mol. The summed E-state index contributed by atoms with van der Waals surface area (Å²) in [6.45, 7) is 0. The Labute approximate surface area is 197 Å². The van der Waals surface area contributed by atoms with Gasteiger partial charge in [0, 0.05) is 17.3 Å². The topological polar surface area (TPSA) is 25.8 Å². The van der Waals surface area contributed by atoms with Gasteiger partial charge in [-0.2, -0.15) is 0 Å². The first-order valence-electron chi connectivity index (χ1n) is 11.5. The van der Waals surface area contributed by atoms with Crippen LogP contribution in [0.25, 0.3) is 66.1 Å². The number of aromatic nitrogens is 2. The van der Waals surface area contributed by atoms with Gasteiger partial charge >= 0.3 is 0 Å². The minimum absolute atomic E-state index is 0.876. The van der Waals surface area contributed by atoms with Crippen LogP contribution in [0, 0.1) is 0 Å². The van der Waals surface area contributed by atoms with E-state index in [-0.39, 0.29) is 0 Å². The first-order chi connectivity index (χ1) is 16.9. The van der Waals surface area contributed by atoms with Gasteiger partial charge < -0.3 is 0 Å². The van der Waals surface area contributed by atoms with Gasteiger partial charge in [-0.05, 0) is 62.1 Å². The van der Waals surface area contributed by atoms with Crippen LogP contribution in [0.2, 0.25) is 0 Å². The minimum Gasteiger partial charge on any atom is -0.255 e. The highest BCUT2D eigenvalue weighted by Crippen LogP contribution is 2.41. The molecule has 0 bridgehead atoms. The molecule has 0 spiro atoms. The van der Waals surface area contributed by atoms with Crippen molar-refractivity contribution in [2.24, 2.45) is 0 Å². The molecule has 0 fully saturated rings. The van der Waals surface area contributed by atoms with Gasteiger partial charge in [0.15, 0.2) is 0 Å². The molecule has 7 rings (SSSR count). The lowest BCUT2D eigenvalue weighted by molar-refractivity contribution is 1.25. The fourth-order valence-electron chi connectivity index (χ4n) is 5.11. The maximum absolute atomic E-state index is 5.14. The first-order valence-corrected chi connectivity index (χ1v) is 11.5. The van der Waals surface area contributed by atoms with Gasteiger partial charge in [-0.15, -0.1) is 0 Å². The van der Waals surface area contributed by atoms with Crippen LogP contribution >= 0.6 is 0 Å². The second kappa shape index (κ2) is 7.50. The Hall–Kier alpha value is -4.56. The summed E-state index contributed by atoms with van der Waals surface area (Å²) in [5.74, 6) is 0. The molecule has 0 amide bonds. The quantitative estimate of drug-likeness (QED) is 0.262. The Morgan fingerprint density at radius 3 is 1.94 bits per heavy atom. The van der Waals surface area contributed by atoms with E-state index in [9.17, 15) is 0 Å². The van der Waals surface area contributed by atoms with E-state index in [2.05, 4.69) is 83.8 Å². The standard InChI is InChI=1S/C32H20N2/c1-2-7-21(8-3-1)28-19-18-27(32(34-28)29-11-4-5-20-33-29)25-16-14-24-13-12-22-9-6-10-23-15-17-26(25)31(24)30(22)23/h1-20H. The van der Waals surface area contributed by atoms with Crippen LogP contribution in [0.3, 0.4) is 0 Å². The van der Waals surface area contributed by atoms with Crippen molar-refractivity contribution in [2.45, 2.75) is 0 Å². The molecule has 2 nitrogen and oxygen atoms in total. The Bertz CT molecular complexity index is 1770. The SMILES string of the molecule is c1ccc(-c2ccc(-c3ccc4ccc5cccc6ccc3c4c56)c(-c3ccccn3)n2)cc1. The van der Waals surface area contributed by atoms with Gasteiger partial charge in [-0.1, -0.05) is 91.0 Å². The third kappa shape index (κ3) is 2.89. The van der Waals surface area contributed by atoms with Crippen molar-refractivity contribution in [3.8, 4) is 33.8 Å². The zero-order chi connectivity index (χ0) is 22.5. The lowest BCUT2D eigenvalue weighted by Gasteiger charge is -2.16. The van der Waals surface area contributed by atoms with Crippen molar-refractivity contribution in [2.75, 3.05) is 0 Å². The van der Waals surface area contributed by atoms with Crippen LogP contribution in [0.15, 0.2) is 121 Å². The van der Waals surface area contributed by atoms with E-state index in [1.165, 1.54) is 37.9 Å². The average Bonchev–Trinajstić information content (AvgIpc) is 2.92. The van der Waals surface area contributed by atoms with E-state index in [0.717, 1.165) is 28.2 Å². The van der Waals surface area contributed by atoms with E-state index in [1.807, 2.05) is 42.6 Å². The van der Waals surface area contributed by atoms with E-state index in [0.29, 0.717) is 0 Å². The molecule has 0 N–H and O–H groups in total. The Morgan fingerprint density at radius 2 is 1.15 bits per heavy atom. The molecule has 0 unspecified atom stereocenters. The van der Waals surface area contributed by atoms with Crippen molar-refractivity contribution in [1.82, 2.24) is 9.97 Å². The molecule has 158 valence electrons. The van der Waals surface area contributed by atoms with Crippen molar-refractivity contribution in [3.63, 3.8) is 0 Å². The minimum atomic E-state index is 0.876. The Kier molecular flexibility index (Phi) is 4.18. The number of rotatable bonds is 3. The van der Waals surface area contributed by atoms with Gasteiger partial charge in [0.1, 0.15) is 0 Å². The molecule has 34 heavy (non-hydrogen) atoms. The van der Waals surface area contributed by atoms with E-state index in [1.54, 1.807) is 0 Å². The predicted octanol–water partition coefficient (Wildman–Crippen LogP) is 8.38. The highest BCUT2D eigenvalue weighted by molar-refractivity contribution is 6.25. The normalized spacial score (nSPS) is 11.5. The van der Waals surface area contributed by atoms with Crippen LogP contribution in [0.4, 0.5) is 0 Å².